The van der Waals surface area contributed by atoms with Gasteiger partial charge >= 0.3 is 0 Å². The van der Waals surface area contributed by atoms with Crippen molar-refractivity contribution in [3.05, 3.63) is 64.7 Å². The maximum atomic E-state index is 13.4. The van der Waals surface area contributed by atoms with Crippen molar-refractivity contribution in [3.63, 3.8) is 0 Å². The third kappa shape index (κ3) is 3.08. The molecule has 0 aliphatic carbocycles. The van der Waals surface area contributed by atoms with E-state index in [1.807, 2.05) is 13.0 Å². The van der Waals surface area contributed by atoms with Crippen molar-refractivity contribution in [3.8, 4) is 11.5 Å². The van der Waals surface area contributed by atoms with Crippen LogP contribution in [0.4, 0.5) is 10.1 Å². The second kappa shape index (κ2) is 6.53. The molecule has 4 rings (SSSR count). The highest BCUT2D eigenvalue weighted by Gasteiger charge is 2.35. The number of hydrogen-bond acceptors (Lipinski definition) is 4. The van der Waals surface area contributed by atoms with Gasteiger partial charge in [0, 0.05) is 35.2 Å². The second-order valence-corrected chi connectivity index (χ2v) is 6.74. The quantitative estimate of drug-likeness (QED) is 0.686. The van der Waals surface area contributed by atoms with E-state index >= 15 is 0 Å². The van der Waals surface area contributed by atoms with E-state index in [1.54, 1.807) is 29.2 Å². The lowest BCUT2D eigenvalue weighted by molar-refractivity contribution is -0.117. The molecule has 1 aliphatic heterocycles. The molecule has 3 aromatic rings. The highest BCUT2D eigenvalue weighted by Crippen LogP contribution is 2.34. The predicted octanol–water partition coefficient (Wildman–Crippen LogP) is 4.36. The molecule has 1 unspecified atom stereocenters. The first-order valence-electron chi connectivity index (χ1n) is 8.17. The second-order valence-electron chi connectivity index (χ2n) is 6.30. The van der Waals surface area contributed by atoms with Gasteiger partial charge in [-0.3, -0.25) is 4.79 Å². The third-order valence-electron chi connectivity index (χ3n) is 4.47. The summed E-state index contributed by atoms with van der Waals surface area (Å²) in [6.07, 6.45) is 0.286. The fourth-order valence-corrected chi connectivity index (χ4v) is 3.29. The molecular formula is C19H15ClFN3O2. The summed E-state index contributed by atoms with van der Waals surface area (Å²) in [7, 11) is 0. The molecule has 1 amide bonds. The van der Waals surface area contributed by atoms with E-state index in [9.17, 15) is 9.18 Å². The lowest BCUT2D eigenvalue weighted by atomic mass is 10.1. The molecule has 132 valence electrons. The molecule has 2 aromatic carbocycles. The number of benzene rings is 2. The first-order valence-corrected chi connectivity index (χ1v) is 8.55. The lowest BCUT2D eigenvalue weighted by Gasteiger charge is -2.19. The van der Waals surface area contributed by atoms with Crippen molar-refractivity contribution in [2.24, 2.45) is 0 Å². The molecule has 1 fully saturated rings. The minimum atomic E-state index is -0.374. The Kier molecular flexibility index (Phi) is 4.20. The normalized spacial score (nSPS) is 17.1. The minimum Gasteiger partial charge on any atom is -0.334 e. The van der Waals surface area contributed by atoms with Crippen LogP contribution in [0.25, 0.3) is 11.5 Å². The molecule has 0 saturated carbocycles. The van der Waals surface area contributed by atoms with Gasteiger partial charge in [-0.15, -0.1) is 0 Å². The summed E-state index contributed by atoms with van der Waals surface area (Å²) < 4.78 is 18.6. The summed E-state index contributed by atoms with van der Waals surface area (Å²) in [5.41, 5.74) is 2.27. The third-order valence-corrected chi connectivity index (χ3v) is 4.70. The lowest BCUT2D eigenvalue weighted by Crippen LogP contribution is -2.25. The average Bonchev–Trinajstić information content (AvgIpc) is 3.24. The molecule has 26 heavy (non-hydrogen) atoms. The summed E-state index contributed by atoms with van der Waals surface area (Å²) in [6, 6.07) is 11.4. The van der Waals surface area contributed by atoms with E-state index in [1.165, 1.54) is 12.1 Å². The fourth-order valence-electron chi connectivity index (χ4n) is 3.13. The van der Waals surface area contributed by atoms with Crippen molar-refractivity contribution < 1.29 is 13.7 Å². The Hall–Kier alpha value is -2.73. The van der Waals surface area contributed by atoms with Gasteiger partial charge < -0.3 is 9.42 Å². The predicted molar refractivity (Wildman–Crippen MR) is 95.6 cm³/mol. The highest BCUT2D eigenvalue weighted by atomic mass is 35.5. The van der Waals surface area contributed by atoms with Crippen LogP contribution in [0.1, 0.15) is 23.7 Å². The first kappa shape index (κ1) is 16.7. The van der Waals surface area contributed by atoms with Crippen LogP contribution in [0.5, 0.6) is 0 Å². The number of hydrogen-bond donors (Lipinski definition) is 0. The van der Waals surface area contributed by atoms with Crippen LogP contribution >= 0.6 is 11.6 Å². The molecule has 1 saturated heterocycles. The largest absolute Gasteiger partial charge is 0.334 e. The average molecular weight is 372 g/mol. The van der Waals surface area contributed by atoms with Crippen LogP contribution in [-0.4, -0.2) is 22.6 Å². The zero-order chi connectivity index (χ0) is 18.3. The number of anilines is 1. The van der Waals surface area contributed by atoms with E-state index < -0.39 is 0 Å². The Morgan fingerprint density at radius 1 is 1.27 bits per heavy atom. The van der Waals surface area contributed by atoms with Crippen molar-refractivity contribution in [1.82, 2.24) is 10.1 Å². The summed E-state index contributed by atoms with van der Waals surface area (Å²) >= 11 is 6.07. The molecular weight excluding hydrogens is 357 g/mol. The molecule has 5 nitrogen and oxygen atoms in total. The molecule has 0 bridgehead atoms. The topological polar surface area (TPSA) is 59.2 Å². The van der Waals surface area contributed by atoms with Crippen LogP contribution in [-0.2, 0) is 4.79 Å². The van der Waals surface area contributed by atoms with E-state index in [-0.39, 0.29) is 30.0 Å². The van der Waals surface area contributed by atoms with Gasteiger partial charge in [0.25, 0.3) is 5.89 Å². The fraction of sp³-hybridized carbons (Fsp3) is 0.211. The molecule has 2 heterocycles. The Labute approximate surface area is 154 Å². The molecule has 0 spiro atoms. The molecule has 0 N–H and O–H groups in total. The monoisotopic (exact) mass is 371 g/mol. The van der Waals surface area contributed by atoms with E-state index in [0.717, 1.165) is 11.3 Å². The smallest absolute Gasteiger partial charge is 0.258 e. The number of aryl methyl sites for hydroxylation is 1. The van der Waals surface area contributed by atoms with Gasteiger partial charge in [0.15, 0.2) is 5.82 Å². The minimum absolute atomic E-state index is 0.0162. The maximum Gasteiger partial charge on any atom is 0.258 e. The standard InChI is InChI=1S/C19H15ClFN3O2/c1-11-5-6-14(20)9-16(11)24-10-13(8-17(24)25)18-22-19(26-23-18)12-3-2-4-15(21)7-12/h2-7,9,13H,8,10H2,1H3. The number of halogens is 2. The van der Waals surface area contributed by atoms with Crippen LogP contribution in [0.3, 0.4) is 0 Å². The summed E-state index contributed by atoms with van der Waals surface area (Å²) in [4.78, 5) is 18.5. The van der Waals surface area contributed by atoms with Gasteiger partial charge in [-0.2, -0.15) is 4.98 Å². The van der Waals surface area contributed by atoms with Crippen LogP contribution < -0.4 is 4.90 Å². The molecule has 1 aliphatic rings. The number of carbonyl (C=O) groups excluding carboxylic acids is 1. The Bertz CT molecular complexity index is 988. The van der Waals surface area contributed by atoms with E-state index in [2.05, 4.69) is 10.1 Å². The number of carbonyl (C=O) groups is 1. The summed E-state index contributed by atoms with van der Waals surface area (Å²) in [5.74, 6) is 0.106. The number of aromatic nitrogens is 2. The Morgan fingerprint density at radius 2 is 2.12 bits per heavy atom. The summed E-state index contributed by atoms with van der Waals surface area (Å²) in [5, 5.41) is 4.57. The van der Waals surface area contributed by atoms with Crippen molar-refractivity contribution in [2.75, 3.05) is 11.4 Å². The van der Waals surface area contributed by atoms with E-state index in [4.69, 9.17) is 16.1 Å². The highest BCUT2D eigenvalue weighted by molar-refractivity contribution is 6.31. The van der Waals surface area contributed by atoms with Crippen LogP contribution in [0.15, 0.2) is 47.0 Å². The van der Waals surface area contributed by atoms with Crippen LogP contribution in [0.2, 0.25) is 5.02 Å². The number of rotatable bonds is 3. The van der Waals surface area contributed by atoms with Gasteiger partial charge in [-0.25, -0.2) is 4.39 Å². The van der Waals surface area contributed by atoms with E-state index in [0.29, 0.717) is 23.0 Å². The van der Waals surface area contributed by atoms with Gasteiger partial charge in [-0.1, -0.05) is 28.9 Å². The molecule has 1 aromatic heterocycles. The number of amides is 1. The summed E-state index contributed by atoms with van der Waals surface area (Å²) in [6.45, 7) is 2.38. The van der Waals surface area contributed by atoms with Crippen molar-refractivity contribution >= 4 is 23.2 Å². The number of nitrogens with zero attached hydrogens (tertiary/aromatic N) is 3. The van der Waals surface area contributed by atoms with Crippen molar-refractivity contribution in [1.29, 1.82) is 0 Å². The van der Waals surface area contributed by atoms with Gasteiger partial charge in [0.2, 0.25) is 5.91 Å². The van der Waals surface area contributed by atoms with Crippen molar-refractivity contribution in [2.45, 2.75) is 19.3 Å². The molecule has 1 atom stereocenters. The zero-order valence-electron chi connectivity index (χ0n) is 13.9. The maximum absolute atomic E-state index is 13.4. The molecule has 7 heteroatoms. The first-order chi connectivity index (χ1) is 12.5. The zero-order valence-corrected chi connectivity index (χ0v) is 14.7. The SMILES string of the molecule is Cc1ccc(Cl)cc1N1CC(c2noc(-c3cccc(F)c3)n2)CC1=O. The van der Waals surface area contributed by atoms with Gasteiger partial charge in [0.1, 0.15) is 5.82 Å². The Balaban J connectivity index is 1.59. The Morgan fingerprint density at radius 3 is 2.92 bits per heavy atom. The molecule has 0 radical (unpaired) electrons. The van der Waals surface area contributed by atoms with Gasteiger partial charge in [-0.05, 0) is 42.8 Å². The van der Waals surface area contributed by atoms with Gasteiger partial charge in [0.05, 0.1) is 0 Å². The van der Waals surface area contributed by atoms with Crippen LogP contribution in [0, 0.1) is 12.7 Å².